The van der Waals surface area contributed by atoms with E-state index in [4.69, 9.17) is 5.73 Å². The largest absolute Gasteiger partial charge is 0.368 e. The van der Waals surface area contributed by atoms with Crippen LogP contribution in [0.2, 0.25) is 0 Å². The van der Waals surface area contributed by atoms with Gasteiger partial charge >= 0.3 is 0 Å². The number of aromatic amines is 1. The molecule has 1 atom stereocenters. The van der Waals surface area contributed by atoms with E-state index in [1.54, 1.807) is 18.5 Å². The van der Waals surface area contributed by atoms with Gasteiger partial charge in [0.1, 0.15) is 10.7 Å². The van der Waals surface area contributed by atoms with Crippen molar-refractivity contribution in [3.05, 3.63) is 12.3 Å². The summed E-state index contributed by atoms with van der Waals surface area (Å²) in [6, 6.07) is 1.78. The number of nitrogens with one attached hydrogen (secondary N) is 1. The van der Waals surface area contributed by atoms with Gasteiger partial charge in [-0.1, -0.05) is 0 Å². The minimum absolute atomic E-state index is 0.139. The quantitative estimate of drug-likeness (QED) is 0.641. The molecule has 1 unspecified atom stereocenters. The Labute approximate surface area is 76.8 Å². The first-order chi connectivity index (χ1) is 6.18. The molecule has 0 bridgehead atoms. The van der Waals surface area contributed by atoms with Crippen LogP contribution in [0.4, 0.5) is 5.95 Å². The molecule has 0 fully saturated rings. The summed E-state index contributed by atoms with van der Waals surface area (Å²) in [6.45, 7) is 0. The zero-order chi connectivity index (χ0) is 9.42. The van der Waals surface area contributed by atoms with E-state index in [9.17, 15) is 4.21 Å². The molecule has 2 rings (SSSR count). The molecule has 0 amide bonds. The standard InChI is InChI=1S/C7H8N4OS/c1-13(12)6-4-2-3-9-5(4)10-7(8)11-6/h2-3H,1H3,(H3,8,9,10,11). The molecule has 0 spiro atoms. The molecule has 68 valence electrons. The van der Waals surface area contributed by atoms with Gasteiger partial charge in [-0.2, -0.15) is 4.98 Å². The Balaban J connectivity index is 2.84. The monoisotopic (exact) mass is 196 g/mol. The van der Waals surface area contributed by atoms with E-state index in [1.807, 2.05) is 0 Å². The average Bonchev–Trinajstić information content (AvgIpc) is 2.49. The highest BCUT2D eigenvalue weighted by molar-refractivity contribution is 7.84. The predicted octanol–water partition coefficient (Wildman–Crippen LogP) is 0.277. The van der Waals surface area contributed by atoms with Crippen LogP contribution in [0.3, 0.4) is 0 Å². The van der Waals surface area contributed by atoms with Crippen molar-refractivity contribution in [2.24, 2.45) is 0 Å². The Morgan fingerprint density at radius 1 is 1.54 bits per heavy atom. The third-order valence-electron chi connectivity index (χ3n) is 1.67. The first kappa shape index (κ1) is 8.18. The normalized spacial score (nSPS) is 13.3. The molecule has 0 aromatic carbocycles. The van der Waals surface area contributed by atoms with Gasteiger partial charge in [0.2, 0.25) is 5.95 Å². The Kier molecular flexibility index (Phi) is 1.77. The lowest BCUT2D eigenvalue weighted by molar-refractivity contribution is 0.685. The third kappa shape index (κ3) is 1.29. The summed E-state index contributed by atoms with van der Waals surface area (Å²) in [5, 5.41) is 1.23. The summed E-state index contributed by atoms with van der Waals surface area (Å²) in [5.74, 6) is 0.139. The van der Waals surface area contributed by atoms with Gasteiger partial charge in [-0.25, -0.2) is 4.98 Å². The van der Waals surface area contributed by atoms with Gasteiger partial charge < -0.3 is 10.7 Å². The van der Waals surface area contributed by atoms with Gasteiger partial charge in [0.15, 0.2) is 0 Å². The Morgan fingerprint density at radius 2 is 2.31 bits per heavy atom. The van der Waals surface area contributed by atoms with Crippen LogP contribution in [0, 0.1) is 0 Å². The van der Waals surface area contributed by atoms with Crippen molar-refractivity contribution in [1.29, 1.82) is 0 Å². The number of nitrogens with zero attached hydrogens (tertiary/aromatic N) is 2. The van der Waals surface area contributed by atoms with E-state index >= 15 is 0 Å². The second-order valence-electron chi connectivity index (χ2n) is 2.58. The van der Waals surface area contributed by atoms with Crippen LogP contribution < -0.4 is 5.73 Å². The predicted molar refractivity (Wildman–Crippen MR) is 50.6 cm³/mol. The highest BCUT2D eigenvalue weighted by Crippen LogP contribution is 2.17. The zero-order valence-corrected chi connectivity index (χ0v) is 7.76. The first-order valence-electron chi connectivity index (χ1n) is 3.62. The maximum absolute atomic E-state index is 11.3. The molecule has 0 aliphatic carbocycles. The smallest absolute Gasteiger partial charge is 0.223 e. The third-order valence-corrected chi connectivity index (χ3v) is 2.53. The van der Waals surface area contributed by atoms with Gasteiger partial charge in [-0.3, -0.25) is 4.21 Å². The van der Waals surface area contributed by atoms with E-state index in [2.05, 4.69) is 15.0 Å². The average molecular weight is 196 g/mol. The molecule has 2 heterocycles. The number of nitrogens with two attached hydrogens (primary N) is 1. The molecule has 6 heteroatoms. The summed E-state index contributed by atoms with van der Waals surface area (Å²) < 4.78 is 11.3. The lowest BCUT2D eigenvalue weighted by Crippen LogP contribution is -2.00. The fourth-order valence-electron chi connectivity index (χ4n) is 1.15. The van der Waals surface area contributed by atoms with Crippen molar-refractivity contribution in [2.75, 3.05) is 12.0 Å². The van der Waals surface area contributed by atoms with E-state index in [-0.39, 0.29) is 5.95 Å². The minimum Gasteiger partial charge on any atom is -0.368 e. The maximum Gasteiger partial charge on any atom is 0.223 e. The van der Waals surface area contributed by atoms with E-state index in [1.165, 1.54) is 0 Å². The highest BCUT2D eigenvalue weighted by atomic mass is 32.2. The maximum atomic E-state index is 11.3. The van der Waals surface area contributed by atoms with Gasteiger partial charge in [0, 0.05) is 12.5 Å². The lowest BCUT2D eigenvalue weighted by atomic mass is 10.4. The second kappa shape index (κ2) is 2.81. The van der Waals surface area contributed by atoms with Crippen molar-refractivity contribution >= 4 is 27.8 Å². The number of rotatable bonds is 1. The van der Waals surface area contributed by atoms with Crippen LogP contribution in [0.1, 0.15) is 0 Å². The van der Waals surface area contributed by atoms with Gasteiger partial charge in [0.05, 0.1) is 16.2 Å². The van der Waals surface area contributed by atoms with E-state index in [0.29, 0.717) is 10.7 Å². The summed E-state index contributed by atoms with van der Waals surface area (Å²) in [4.78, 5) is 10.8. The summed E-state index contributed by atoms with van der Waals surface area (Å²) in [7, 11) is -1.14. The molecule has 3 N–H and O–H groups in total. The summed E-state index contributed by atoms with van der Waals surface area (Å²) in [5.41, 5.74) is 6.07. The number of aromatic nitrogens is 3. The molecule has 5 nitrogen and oxygen atoms in total. The summed E-state index contributed by atoms with van der Waals surface area (Å²) in [6.07, 6.45) is 3.28. The first-order valence-corrected chi connectivity index (χ1v) is 5.18. The van der Waals surface area contributed by atoms with E-state index in [0.717, 1.165) is 5.39 Å². The van der Waals surface area contributed by atoms with Crippen LogP contribution in [-0.4, -0.2) is 25.4 Å². The van der Waals surface area contributed by atoms with Crippen molar-refractivity contribution in [3.8, 4) is 0 Å². The fourth-order valence-corrected chi connectivity index (χ4v) is 1.85. The molecule has 0 saturated carbocycles. The molecular formula is C7H8N4OS. The molecule has 13 heavy (non-hydrogen) atoms. The molecule has 0 radical (unpaired) electrons. The lowest BCUT2D eigenvalue weighted by Gasteiger charge is -1.98. The molecule has 2 aromatic heterocycles. The fraction of sp³-hybridized carbons (Fsp3) is 0.143. The molecule has 0 saturated heterocycles. The number of nitrogen functional groups attached to an aromatic ring is 1. The zero-order valence-electron chi connectivity index (χ0n) is 6.94. The van der Waals surface area contributed by atoms with Gasteiger partial charge in [-0.05, 0) is 6.07 Å². The minimum atomic E-state index is -1.14. The number of hydrogen-bond acceptors (Lipinski definition) is 4. The Morgan fingerprint density at radius 3 is 3.00 bits per heavy atom. The molecule has 0 aliphatic rings. The summed E-state index contributed by atoms with van der Waals surface area (Å²) >= 11 is 0. The van der Waals surface area contributed by atoms with Crippen LogP contribution in [0.5, 0.6) is 0 Å². The van der Waals surface area contributed by atoms with Crippen LogP contribution in [-0.2, 0) is 10.8 Å². The highest BCUT2D eigenvalue weighted by Gasteiger charge is 2.09. The Hall–Kier alpha value is -1.43. The topological polar surface area (TPSA) is 84.7 Å². The van der Waals surface area contributed by atoms with Gasteiger partial charge in [0.25, 0.3) is 0 Å². The van der Waals surface area contributed by atoms with Gasteiger partial charge in [-0.15, -0.1) is 0 Å². The van der Waals surface area contributed by atoms with Crippen LogP contribution in [0.15, 0.2) is 17.3 Å². The van der Waals surface area contributed by atoms with Crippen molar-refractivity contribution < 1.29 is 4.21 Å². The van der Waals surface area contributed by atoms with Crippen LogP contribution >= 0.6 is 0 Å². The SMILES string of the molecule is CS(=O)c1nc(N)nc2[nH]ccc12. The van der Waals surface area contributed by atoms with E-state index < -0.39 is 10.8 Å². The van der Waals surface area contributed by atoms with Crippen molar-refractivity contribution in [1.82, 2.24) is 15.0 Å². The molecule has 0 aliphatic heterocycles. The molecular weight excluding hydrogens is 188 g/mol. The number of anilines is 1. The Bertz CT molecular complexity index is 478. The second-order valence-corrected chi connectivity index (χ2v) is 3.88. The molecule has 2 aromatic rings. The van der Waals surface area contributed by atoms with Crippen molar-refractivity contribution in [2.45, 2.75) is 5.03 Å². The number of hydrogen-bond donors (Lipinski definition) is 2. The number of fused-ring (bicyclic) bond motifs is 1. The van der Waals surface area contributed by atoms with Crippen molar-refractivity contribution in [3.63, 3.8) is 0 Å². The van der Waals surface area contributed by atoms with Crippen LogP contribution in [0.25, 0.3) is 11.0 Å². The number of H-pyrrole nitrogens is 1.